The first kappa shape index (κ1) is 29.1. The second-order valence-electron chi connectivity index (χ2n) is 10.9. The Morgan fingerprint density at radius 1 is 1.20 bits per heavy atom. The van der Waals surface area contributed by atoms with Crippen molar-refractivity contribution in [2.75, 3.05) is 0 Å². The molecule has 2 amide bonds. The third-order valence-corrected chi connectivity index (χ3v) is 9.78. The molecule has 1 saturated carbocycles. The molecular weight excluding hydrogens is 557 g/mol. The number of benzene rings is 1. The number of fused-ring (bicyclic) bond motifs is 1. The Balaban J connectivity index is 1.60. The van der Waals surface area contributed by atoms with Crippen LogP contribution in [0.25, 0.3) is 5.57 Å². The van der Waals surface area contributed by atoms with Crippen molar-refractivity contribution in [3.63, 3.8) is 0 Å². The normalized spacial score (nSPS) is 21.6. The summed E-state index contributed by atoms with van der Waals surface area (Å²) in [5, 5.41) is 5.42. The quantitative estimate of drug-likeness (QED) is 0.331. The summed E-state index contributed by atoms with van der Waals surface area (Å²) in [4.78, 5) is 26.8. The molecule has 5 rings (SSSR count). The molecule has 2 aliphatic carbocycles. The maximum absolute atomic E-state index is 15.0. The third kappa shape index (κ3) is 5.84. The summed E-state index contributed by atoms with van der Waals surface area (Å²) in [7, 11) is -4.05. The van der Waals surface area contributed by atoms with Crippen LogP contribution in [0.4, 0.5) is 13.2 Å². The highest BCUT2D eigenvalue weighted by molar-refractivity contribution is 7.91. The summed E-state index contributed by atoms with van der Waals surface area (Å²) in [6, 6.07) is 5.16. The largest absolute Gasteiger partial charge is 0.416 e. The zero-order valence-electron chi connectivity index (χ0n) is 22.8. The molecule has 1 aromatic carbocycles. The van der Waals surface area contributed by atoms with E-state index in [-0.39, 0.29) is 11.1 Å². The van der Waals surface area contributed by atoms with Crippen LogP contribution >= 0.6 is 0 Å². The van der Waals surface area contributed by atoms with Gasteiger partial charge in [0.2, 0.25) is 10.0 Å². The summed E-state index contributed by atoms with van der Waals surface area (Å²) < 4.78 is 73.4. The summed E-state index contributed by atoms with van der Waals surface area (Å²) in [5.41, 5.74) is -1.60. The highest BCUT2D eigenvalue weighted by Crippen LogP contribution is 2.48. The Hall–Kier alpha value is -3.41. The van der Waals surface area contributed by atoms with Gasteiger partial charge in [0, 0.05) is 24.7 Å². The number of rotatable bonds is 9. The molecule has 220 valence electrons. The van der Waals surface area contributed by atoms with Gasteiger partial charge in [0.05, 0.1) is 11.4 Å². The van der Waals surface area contributed by atoms with Crippen LogP contribution in [0, 0.1) is 0 Å². The number of sulfonamides is 1. The predicted octanol–water partition coefficient (Wildman–Crippen LogP) is 4.46. The number of aryl methyl sites for hydroxylation is 3. The number of hydrogen-bond donors (Lipinski definition) is 2. The van der Waals surface area contributed by atoms with Crippen LogP contribution in [0.15, 0.2) is 48.3 Å². The Labute approximate surface area is 237 Å². The molecule has 12 heteroatoms. The summed E-state index contributed by atoms with van der Waals surface area (Å²) in [6.07, 6.45) is 6.10. The fourth-order valence-electron chi connectivity index (χ4n) is 5.55. The third-order valence-electron chi connectivity index (χ3n) is 7.96. The molecule has 41 heavy (non-hydrogen) atoms. The van der Waals surface area contributed by atoms with Gasteiger partial charge in [0.25, 0.3) is 11.8 Å². The van der Waals surface area contributed by atoms with Crippen molar-refractivity contribution in [1.29, 1.82) is 0 Å². The van der Waals surface area contributed by atoms with Crippen LogP contribution in [0.1, 0.15) is 74.1 Å². The van der Waals surface area contributed by atoms with E-state index in [9.17, 15) is 18.0 Å². The van der Waals surface area contributed by atoms with E-state index in [4.69, 9.17) is 0 Å². The average Bonchev–Trinajstić information content (AvgIpc) is 3.69. The Morgan fingerprint density at radius 3 is 2.61 bits per heavy atom. The fraction of sp³-hybridized carbons (Fsp3) is 0.483. The summed E-state index contributed by atoms with van der Waals surface area (Å²) in [6.45, 7) is 2.32. The van der Waals surface area contributed by atoms with Gasteiger partial charge in [-0.3, -0.25) is 14.3 Å². The van der Waals surface area contributed by atoms with E-state index >= 15 is 13.2 Å². The van der Waals surface area contributed by atoms with Gasteiger partial charge in [-0.05, 0) is 73.6 Å². The number of aromatic nitrogens is 2. The van der Waals surface area contributed by atoms with Crippen LogP contribution < -0.4 is 10.0 Å². The van der Waals surface area contributed by atoms with Crippen molar-refractivity contribution in [1.82, 2.24) is 19.8 Å². The number of nitrogens with one attached hydrogen (secondary N) is 2. The van der Waals surface area contributed by atoms with Crippen LogP contribution in [-0.2, 0) is 44.5 Å². The van der Waals surface area contributed by atoms with Gasteiger partial charge in [-0.1, -0.05) is 37.3 Å². The molecule has 1 aliphatic heterocycles. The molecule has 2 aromatic rings. The molecule has 0 radical (unpaired) electrons. The lowest BCUT2D eigenvalue weighted by Gasteiger charge is -2.40. The van der Waals surface area contributed by atoms with E-state index in [1.54, 1.807) is 12.1 Å². The van der Waals surface area contributed by atoms with Crippen LogP contribution in [0.2, 0.25) is 0 Å². The Morgan fingerprint density at radius 2 is 1.93 bits per heavy atom. The van der Waals surface area contributed by atoms with Gasteiger partial charge >= 0.3 is 6.18 Å². The van der Waals surface area contributed by atoms with Crippen molar-refractivity contribution in [2.45, 2.75) is 88.2 Å². The second-order valence-corrected chi connectivity index (χ2v) is 12.9. The summed E-state index contributed by atoms with van der Waals surface area (Å²) in [5.74, 6) is -2.51. The van der Waals surface area contributed by atoms with Gasteiger partial charge in [-0.15, -0.1) is 0 Å². The SMILES string of the molecule is CC/C=C/CCn1cc([C@]2(C(F)(F)F)CC(c3ccc4c(c3)CCCC4)=C(C(=O)NS(=O)(=O)C3CC3)C(=O)N2)cn1. The molecular formula is C29H33F3N4O4S. The monoisotopic (exact) mass is 590 g/mol. The minimum atomic E-state index is -4.96. The van der Waals surface area contributed by atoms with E-state index in [0.29, 0.717) is 31.4 Å². The van der Waals surface area contributed by atoms with E-state index in [1.807, 2.05) is 29.9 Å². The molecule has 0 spiro atoms. The lowest BCUT2D eigenvalue weighted by Crippen LogP contribution is -2.59. The lowest BCUT2D eigenvalue weighted by molar-refractivity contribution is -0.202. The van der Waals surface area contributed by atoms with E-state index in [0.717, 1.165) is 49.4 Å². The average molecular weight is 591 g/mol. The molecule has 1 aromatic heterocycles. The Bertz CT molecular complexity index is 1520. The first-order valence-electron chi connectivity index (χ1n) is 13.9. The number of amides is 2. The van der Waals surface area contributed by atoms with Crippen LogP contribution in [0.5, 0.6) is 0 Å². The first-order chi connectivity index (χ1) is 19.4. The minimum absolute atomic E-state index is 0.151. The zero-order valence-corrected chi connectivity index (χ0v) is 23.6. The number of carbonyl (C=O) groups is 2. The number of alkyl halides is 3. The molecule has 0 saturated heterocycles. The van der Waals surface area contributed by atoms with Gasteiger partial charge in [0.1, 0.15) is 5.57 Å². The molecule has 8 nitrogen and oxygen atoms in total. The predicted molar refractivity (Wildman–Crippen MR) is 147 cm³/mol. The first-order valence-corrected chi connectivity index (χ1v) is 15.5. The smallest absolute Gasteiger partial charge is 0.334 e. The van der Waals surface area contributed by atoms with Gasteiger partial charge in [0.15, 0.2) is 5.54 Å². The highest BCUT2D eigenvalue weighted by atomic mass is 32.2. The topological polar surface area (TPSA) is 110 Å². The van der Waals surface area contributed by atoms with Crippen LogP contribution in [0.3, 0.4) is 0 Å². The maximum atomic E-state index is 15.0. The van der Waals surface area contributed by atoms with Gasteiger partial charge in [-0.2, -0.15) is 18.3 Å². The van der Waals surface area contributed by atoms with E-state index in [2.05, 4.69) is 10.4 Å². The van der Waals surface area contributed by atoms with Crippen molar-refractivity contribution >= 4 is 27.4 Å². The molecule has 2 N–H and O–H groups in total. The minimum Gasteiger partial charge on any atom is -0.334 e. The highest BCUT2D eigenvalue weighted by Gasteiger charge is 2.61. The van der Waals surface area contributed by atoms with Gasteiger partial charge in [-0.25, -0.2) is 13.1 Å². The lowest BCUT2D eigenvalue weighted by atomic mass is 9.76. The Kier molecular flexibility index (Phi) is 7.88. The molecule has 1 fully saturated rings. The number of nitrogens with zero attached hydrogens (tertiary/aromatic N) is 2. The number of carbonyl (C=O) groups excluding carboxylic acids is 2. The summed E-state index contributed by atoms with van der Waals surface area (Å²) >= 11 is 0. The van der Waals surface area contributed by atoms with Crippen molar-refractivity contribution < 1.29 is 31.2 Å². The second kappa shape index (κ2) is 11.1. The van der Waals surface area contributed by atoms with Crippen molar-refractivity contribution in [2.24, 2.45) is 0 Å². The van der Waals surface area contributed by atoms with Crippen molar-refractivity contribution in [3.8, 4) is 0 Å². The molecule has 2 heterocycles. The molecule has 0 bridgehead atoms. The number of allylic oxidation sites excluding steroid dienone is 2. The molecule has 0 unspecified atom stereocenters. The standard InChI is InChI=1S/C29H33F3N4O4S/c1-2-3-4-7-14-36-18-22(17-33-36)28(29(30,31)32)16-24(21-11-10-19-8-5-6-9-20(19)15-21)25(26(37)34-28)27(38)35-41(39,40)23-12-13-23/h3-4,10-11,15,17-18,23H,2,5-9,12-14,16H2,1H3,(H,34,37)(H,35,38)/b4-3+/t28-/m0/s1. The maximum Gasteiger partial charge on any atom is 0.416 e. The zero-order chi connectivity index (χ0) is 29.4. The van der Waals surface area contributed by atoms with Crippen molar-refractivity contribution in [3.05, 3.63) is 70.6 Å². The molecule has 1 atom stereocenters. The fourth-order valence-corrected chi connectivity index (χ4v) is 6.83. The number of halogens is 3. The van der Waals surface area contributed by atoms with Crippen LogP contribution in [-0.4, -0.2) is 41.4 Å². The van der Waals surface area contributed by atoms with E-state index in [1.165, 1.54) is 10.9 Å². The van der Waals surface area contributed by atoms with E-state index < -0.39 is 50.8 Å². The van der Waals surface area contributed by atoms with Gasteiger partial charge < -0.3 is 5.32 Å². The molecule has 3 aliphatic rings. The number of hydrogen-bond acceptors (Lipinski definition) is 5.